The lowest BCUT2D eigenvalue weighted by Crippen LogP contribution is -2.25. The maximum Gasteiger partial charge on any atom is 0.270 e. The van der Waals surface area contributed by atoms with Crippen molar-refractivity contribution in [2.45, 2.75) is 11.3 Å². The molecular formula is C13H12N4OS4. The van der Waals surface area contributed by atoms with Gasteiger partial charge in [0.05, 0.1) is 4.88 Å². The molecule has 0 bridgehead atoms. The van der Waals surface area contributed by atoms with Crippen molar-refractivity contribution >= 4 is 51.7 Å². The van der Waals surface area contributed by atoms with Crippen LogP contribution in [0.4, 0.5) is 0 Å². The number of nitrogens with one attached hydrogen (secondary N) is 1. The van der Waals surface area contributed by atoms with Crippen LogP contribution < -0.4 is 5.32 Å². The number of thiophene rings is 1. The summed E-state index contributed by atoms with van der Waals surface area (Å²) in [5, 5.41) is 16.5. The third-order valence-corrected chi connectivity index (χ3v) is 6.44. The SMILES string of the molecule is Cc1nnc(SCCNC(=O)c2csc(-c3cccs3)n2)s1. The molecular weight excluding hydrogens is 356 g/mol. The molecule has 0 saturated carbocycles. The second-order valence-corrected chi connectivity index (χ2v) is 8.54. The number of hydrogen-bond donors (Lipinski definition) is 1. The van der Waals surface area contributed by atoms with Crippen molar-refractivity contribution in [3.63, 3.8) is 0 Å². The number of hydrogen-bond acceptors (Lipinski definition) is 8. The summed E-state index contributed by atoms with van der Waals surface area (Å²) in [7, 11) is 0. The van der Waals surface area contributed by atoms with Crippen molar-refractivity contribution < 1.29 is 4.79 Å². The molecule has 0 atom stereocenters. The van der Waals surface area contributed by atoms with Crippen molar-refractivity contribution in [3.8, 4) is 9.88 Å². The smallest absolute Gasteiger partial charge is 0.270 e. The van der Waals surface area contributed by atoms with Gasteiger partial charge in [0.15, 0.2) is 4.34 Å². The molecule has 9 heteroatoms. The van der Waals surface area contributed by atoms with Crippen LogP contribution in [0.5, 0.6) is 0 Å². The largest absolute Gasteiger partial charge is 0.350 e. The van der Waals surface area contributed by atoms with Gasteiger partial charge in [-0.25, -0.2) is 4.98 Å². The molecule has 0 fully saturated rings. The zero-order chi connectivity index (χ0) is 15.4. The normalized spacial score (nSPS) is 10.8. The quantitative estimate of drug-likeness (QED) is 0.532. The van der Waals surface area contributed by atoms with Gasteiger partial charge in [0.2, 0.25) is 0 Å². The topological polar surface area (TPSA) is 67.8 Å². The molecule has 0 aliphatic rings. The number of aromatic nitrogens is 3. The highest BCUT2D eigenvalue weighted by atomic mass is 32.2. The number of carbonyl (C=O) groups is 1. The molecule has 0 aliphatic heterocycles. The van der Waals surface area contributed by atoms with Gasteiger partial charge in [-0.05, 0) is 18.4 Å². The Balaban J connectivity index is 1.48. The first-order valence-corrected chi connectivity index (χ1v) is 9.99. The average molecular weight is 369 g/mol. The predicted octanol–water partition coefficient (Wildman–Crippen LogP) is 3.55. The summed E-state index contributed by atoms with van der Waals surface area (Å²) in [6.07, 6.45) is 0. The van der Waals surface area contributed by atoms with Crippen LogP contribution in [-0.4, -0.2) is 33.4 Å². The first kappa shape index (κ1) is 15.6. The number of nitrogens with zero attached hydrogens (tertiary/aromatic N) is 3. The molecule has 1 N–H and O–H groups in total. The van der Waals surface area contributed by atoms with Crippen LogP contribution in [0.25, 0.3) is 9.88 Å². The molecule has 0 aromatic carbocycles. The maximum atomic E-state index is 12.0. The second-order valence-electron chi connectivity index (χ2n) is 4.21. The monoisotopic (exact) mass is 368 g/mol. The minimum absolute atomic E-state index is 0.131. The Morgan fingerprint density at radius 3 is 3.00 bits per heavy atom. The van der Waals surface area contributed by atoms with E-state index in [-0.39, 0.29) is 5.91 Å². The predicted molar refractivity (Wildman–Crippen MR) is 93.1 cm³/mol. The molecule has 0 spiro atoms. The Kier molecular flexibility index (Phi) is 5.19. The minimum Gasteiger partial charge on any atom is -0.350 e. The van der Waals surface area contributed by atoms with E-state index in [4.69, 9.17) is 0 Å². The molecule has 22 heavy (non-hydrogen) atoms. The van der Waals surface area contributed by atoms with Crippen LogP contribution in [-0.2, 0) is 0 Å². The molecule has 0 unspecified atom stereocenters. The van der Waals surface area contributed by atoms with Gasteiger partial charge in [-0.1, -0.05) is 29.2 Å². The first-order chi connectivity index (χ1) is 10.7. The van der Waals surface area contributed by atoms with Crippen molar-refractivity contribution in [2.24, 2.45) is 0 Å². The zero-order valence-electron chi connectivity index (χ0n) is 11.6. The van der Waals surface area contributed by atoms with Crippen LogP contribution in [0.1, 0.15) is 15.5 Å². The fourth-order valence-corrected chi connectivity index (χ4v) is 4.98. The molecule has 3 rings (SSSR count). The molecule has 3 aromatic heterocycles. The number of thioether (sulfide) groups is 1. The summed E-state index contributed by atoms with van der Waals surface area (Å²) in [4.78, 5) is 17.5. The third kappa shape index (κ3) is 3.92. The summed E-state index contributed by atoms with van der Waals surface area (Å²) in [6.45, 7) is 2.50. The van der Waals surface area contributed by atoms with Gasteiger partial charge < -0.3 is 5.32 Å². The van der Waals surface area contributed by atoms with Gasteiger partial charge in [0.1, 0.15) is 15.7 Å². The van der Waals surface area contributed by atoms with Crippen LogP contribution in [0, 0.1) is 6.92 Å². The van der Waals surface area contributed by atoms with E-state index in [1.54, 1.807) is 39.8 Å². The Morgan fingerprint density at radius 1 is 1.36 bits per heavy atom. The Hall–Kier alpha value is -1.29. The van der Waals surface area contributed by atoms with Crippen molar-refractivity contribution in [1.82, 2.24) is 20.5 Å². The molecule has 1 amide bonds. The Bertz CT molecular complexity index is 750. The summed E-state index contributed by atoms with van der Waals surface area (Å²) in [5.41, 5.74) is 0.477. The number of amides is 1. The van der Waals surface area contributed by atoms with Crippen molar-refractivity contribution in [1.29, 1.82) is 0 Å². The lowest BCUT2D eigenvalue weighted by atomic mass is 10.4. The van der Waals surface area contributed by atoms with E-state index in [1.165, 1.54) is 11.3 Å². The van der Waals surface area contributed by atoms with Crippen molar-refractivity contribution in [2.75, 3.05) is 12.3 Å². The van der Waals surface area contributed by atoms with Crippen LogP contribution in [0.2, 0.25) is 0 Å². The van der Waals surface area contributed by atoms with E-state index in [9.17, 15) is 4.79 Å². The maximum absolute atomic E-state index is 12.0. The van der Waals surface area contributed by atoms with Crippen LogP contribution in [0.15, 0.2) is 27.2 Å². The van der Waals surface area contributed by atoms with E-state index in [2.05, 4.69) is 20.5 Å². The lowest BCUT2D eigenvalue weighted by molar-refractivity contribution is 0.0952. The Labute approximate surface area is 143 Å². The van der Waals surface area contributed by atoms with E-state index in [0.29, 0.717) is 12.2 Å². The summed E-state index contributed by atoms with van der Waals surface area (Å²) >= 11 is 6.27. The molecule has 114 valence electrons. The van der Waals surface area contributed by atoms with E-state index >= 15 is 0 Å². The highest BCUT2D eigenvalue weighted by Gasteiger charge is 2.12. The average Bonchev–Trinajstić information content (AvgIpc) is 3.23. The zero-order valence-corrected chi connectivity index (χ0v) is 14.9. The van der Waals surface area contributed by atoms with Gasteiger partial charge in [-0.15, -0.1) is 32.9 Å². The number of rotatable bonds is 6. The number of aryl methyl sites for hydroxylation is 1. The van der Waals surface area contributed by atoms with Gasteiger partial charge in [-0.2, -0.15) is 0 Å². The van der Waals surface area contributed by atoms with Gasteiger partial charge in [0, 0.05) is 17.7 Å². The molecule has 3 aromatic rings. The van der Waals surface area contributed by atoms with Gasteiger partial charge >= 0.3 is 0 Å². The minimum atomic E-state index is -0.131. The molecule has 5 nitrogen and oxygen atoms in total. The number of carbonyl (C=O) groups excluding carboxylic acids is 1. The van der Waals surface area contributed by atoms with Gasteiger partial charge in [0.25, 0.3) is 5.91 Å². The number of thiazole rings is 1. The van der Waals surface area contributed by atoms with E-state index in [1.807, 2.05) is 24.4 Å². The third-order valence-electron chi connectivity index (χ3n) is 2.59. The summed E-state index contributed by atoms with van der Waals surface area (Å²) in [5.74, 6) is 0.635. The first-order valence-electron chi connectivity index (χ1n) is 6.43. The Morgan fingerprint density at radius 2 is 2.27 bits per heavy atom. The molecule has 0 saturated heterocycles. The van der Waals surface area contributed by atoms with Crippen LogP contribution >= 0.6 is 45.8 Å². The van der Waals surface area contributed by atoms with E-state index in [0.717, 1.165) is 25.0 Å². The van der Waals surface area contributed by atoms with Crippen molar-refractivity contribution in [3.05, 3.63) is 33.6 Å². The summed E-state index contributed by atoms with van der Waals surface area (Å²) < 4.78 is 0.931. The standard InChI is InChI=1S/C13H12N4OS4/c1-8-16-17-13(22-8)20-6-4-14-11(18)9-7-21-12(15-9)10-3-2-5-19-10/h2-3,5,7H,4,6H2,1H3,(H,14,18). The van der Waals surface area contributed by atoms with Gasteiger partial charge in [-0.3, -0.25) is 4.79 Å². The summed E-state index contributed by atoms with van der Waals surface area (Å²) in [6, 6.07) is 3.99. The highest BCUT2D eigenvalue weighted by Crippen LogP contribution is 2.27. The molecule has 0 radical (unpaired) electrons. The molecule has 0 aliphatic carbocycles. The van der Waals surface area contributed by atoms with Crippen LogP contribution in [0.3, 0.4) is 0 Å². The lowest BCUT2D eigenvalue weighted by Gasteiger charge is -2.01. The van der Waals surface area contributed by atoms with E-state index < -0.39 is 0 Å². The second kappa shape index (κ2) is 7.32. The fourth-order valence-electron chi connectivity index (χ4n) is 1.62. The molecule has 3 heterocycles. The highest BCUT2D eigenvalue weighted by molar-refractivity contribution is 8.01. The fraction of sp³-hybridized carbons (Fsp3) is 0.231.